The maximum atomic E-state index is 12.3. The largest absolute Gasteiger partial charge is 0.344 e. The highest BCUT2D eigenvalue weighted by molar-refractivity contribution is 6.08. The lowest BCUT2D eigenvalue weighted by Gasteiger charge is -2.15. The fraction of sp³-hybridized carbons (Fsp3) is 0.462. The van der Waals surface area contributed by atoms with Crippen molar-refractivity contribution >= 4 is 16.9 Å². The molecule has 0 atom stereocenters. The third-order valence-electron chi connectivity index (χ3n) is 2.72. The van der Waals surface area contributed by atoms with Crippen molar-refractivity contribution in [2.45, 2.75) is 34.1 Å². The van der Waals surface area contributed by atoms with Crippen LogP contribution in [0.2, 0.25) is 0 Å². The lowest BCUT2D eigenvalue weighted by Crippen LogP contribution is -2.20. The smallest absolute Gasteiger partial charge is 0.171 e. The van der Waals surface area contributed by atoms with Crippen LogP contribution in [-0.4, -0.2) is 20.7 Å². The number of H-pyrrole nitrogens is 1. The van der Waals surface area contributed by atoms with Crippen LogP contribution in [0, 0.1) is 5.41 Å². The van der Waals surface area contributed by atoms with Crippen molar-refractivity contribution in [1.82, 2.24) is 15.0 Å². The minimum Gasteiger partial charge on any atom is -0.344 e. The van der Waals surface area contributed by atoms with Crippen molar-refractivity contribution in [2.24, 2.45) is 5.41 Å². The molecule has 2 rings (SSSR count). The monoisotopic (exact) mass is 231 g/mol. The molecule has 4 heteroatoms. The van der Waals surface area contributed by atoms with Gasteiger partial charge in [-0.05, 0) is 6.42 Å². The summed E-state index contributed by atoms with van der Waals surface area (Å²) in [5, 5.41) is 0. The van der Waals surface area contributed by atoms with E-state index >= 15 is 0 Å². The van der Waals surface area contributed by atoms with Crippen molar-refractivity contribution in [2.75, 3.05) is 0 Å². The Morgan fingerprint density at radius 3 is 2.71 bits per heavy atom. The zero-order chi connectivity index (χ0) is 12.6. The van der Waals surface area contributed by atoms with E-state index in [1.54, 1.807) is 12.4 Å². The van der Waals surface area contributed by atoms with Gasteiger partial charge < -0.3 is 4.98 Å². The molecule has 17 heavy (non-hydrogen) atoms. The Hall–Kier alpha value is -1.71. The molecule has 0 aromatic carbocycles. The predicted molar refractivity (Wildman–Crippen MR) is 67.1 cm³/mol. The third-order valence-corrected chi connectivity index (χ3v) is 2.72. The molecule has 4 nitrogen and oxygen atoms in total. The molecule has 2 heterocycles. The van der Waals surface area contributed by atoms with Crippen LogP contribution in [0.1, 0.15) is 43.7 Å². The summed E-state index contributed by atoms with van der Waals surface area (Å²) in [6, 6.07) is 0. The zero-order valence-electron chi connectivity index (χ0n) is 10.7. The maximum Gasteiger partial charge on any atom is 0.171 e. The number of hydrogen-bond donors (Lipinski definition) is 1. The van der Waals surface area contributed by atoms with Crippen molar-refractivity contribution in [3.8, 4) is 0 Å². The molecule has 0 aliphatic heterocycles. The van der Waals surface area contributed by atoms with Crippen LogP contribution in [0.4, 0.5) is 0 Å². The summed E-state index contributed by atoms with van der Waals surface area (Å²) in [5.74, 6) is 0.0892. The number of Topliss-reactive ketones (excluding diaryl/α,β-unsaturated/α-hetero) is 1. The number of nitrogens with zero attached hydrogens (tertiary/aromatic N) is 2. The molecular formula is C13H17N3O. The molecule has 90 valence electrons. The Kier molecular flexibility index (Phi) is 2.73. The summed E-state index contributed by atoms with van der Waals surface area (Å²) >= 11 is 0. The normalized spacial score (nSPS) is 12.0. The Morgan fingerprint density at radius 2 is 2.12 bits per heavy atom. The van der Waals surface area contributed by atoms with Gasteiger partial charge in [0, 0.05) is 11.6 Å². The number of nitrogens with one attached hydrogen (secondary N) is 1. The Morgan fingerprint density at radius 1 is 1.41 bits per heavy atom. The molecule has 2 aromatic rings. The van der Waals surface area contributed by atoms with Gasteiger partial charge in [-0.15, -0.1) is 0 Å². The van der Waals surface area contributed by atoms with E-state index in [4.69, 9.17) is 0 Å². The number of hydrogen-bond acceptors (Lipinski definition) is 3. The number of rotatable bonds is 2. The number of aromatic nitrogens is 3. The molecule has 0 amide bonds. The number of ketones is 1. The Bertz CT molecular complexity index is 564. The first kappa shape index (κ1) is 11.8. The molecule has 1 N–H and O–H groups in total. The Balaban J connectivity index is 2.59. The minimum atomic E-state index is -0.404. The van der Waals surface area contributed by atoms with E-state index in [2.05, 4.69) is 15.0 Å². The second-order valence-electron chi connectivity index (χ2n) is 5.19. The number of carbonyl (C=O) groups is 1. The third kappa shape index (κ3) is 2.07. The molecule has 0 saturated carbocycles. The second kappa shape index (κ2) is 3.95. The average molecular weight is 231 g/mol. The molecule has 0 fully saturated rings. The van der Waals surface area contributed by atoms with E-state index in [0.717, 1.165) is 12.1 Å². The number of aromatic amines is 1. The first-order chi connectivity index (χ1) is 7.93. The predicted octanol–water partition coefficient (Wildman–Crippen LogP) is 2.75. The molecule has 0 aliphatic carbocycles. The average Bonchev–Trinajstić information content (AvgIpc) is 2.69. The van der Waals surface area contributed by atoms with Gasteiger partial charge in [0.15, 0.2) is 11.4 Å². The number of aryl methyl sites for hydroxylation is 1. The Labute approximate surface area is 100 Å². The molecule has 2 aromatic heterocycles. The van der Waals surface area contributed by atoms with E-state index in [0.29, 0.717) is 16.7 Å². The molecule has 0 bridgehead atoms. The van der Waals surface area contributed by atoms with Gasteiger partial charge in [0.1, 0.15) is 5.52 Å². The lowest BCUT2D eigenvalue weighted by molar-refractivity contribution is 0.0860. The van der Waals surface area contributed by atoms with Gasteiger partial charge in [0.05, 0.1) is 17.5 Å². The van der Waals surface area contributed by atoms with Crippen LogP contribution in [0.5, 0.6) is 0 Å². The summed E-state index contributed by atoms with van der Waals surface area (Å²) in [7, 11) is 0. The van der Waals surface area contributed by atoms with Gasteiger partial charge in [-0.1, -0.05) is 27.7 Å². The van der Waals surface area contributed by atoms with Gasteiger partial charge in [-0.3, -0.25) is 4.79 Å². The lowest BCUT2D eigenvalue weighted by atomic mass is 9.87. The van der Waals surface area contributed by atoms with Gasteiger partial charge >= 0.3 is 0 Å². The topological polar surface area (TPSA) is 58.6 Å². The SMILES string of the molecule is CCc1cnc2[nH]cc(C(=O)C(C)(C)C)c2n1. The van der Waals surface area contributed by atoms with Crippen LogP contribution in [0.3, 0.4) is 0 Å². The summed E-state index contributed by atoms with van der Waals surface area (Å²) < 4.78 is 0. The molecule has 0 saturated heterocycles. The summed E-state index contributed by atoms with van der Waals surface area (Å²) in [4.78, 5) is 24.0. The molecule has 0 spiro atoms. The highest BCUT2D eigenvalue weighted by atomic mass is 16.1. The van der Waals surface area contributed by atoms with E-state index in [-0.39, 0.29) is 5.78 Å². The van der Waals surface area contributed by atoms with Crippen molar-refractivity contribution in [3.63, 3.8) is 0 Å². The van der Waals surface area contributed by atoms with Crippen molar-refractivity contribution in [1.29, 1.82) is 0 Å². The fourth-order valence-electron chi connectivity index (χ4n) is 1.68. The molecular weight excluding hydrogens is 214 g/mol. The van der Waals surface area contributed by atoms with Gasteiger partial charge in [-0.2, -0.15) is 0 Å². The highest BCUT2D eigenvalue weighted by Gasteiger charge is 2.26. The van der Waals surface area contributed by atoms with E-state index < -0.39 is 5.41 Å². The zero-order valence-corrected chi connectivity index (χ0v) is 10.7. The first-order valence-electron chi connectivity index (χ1n) is 5.81. The number of fused-ring (bicyclic) bond motifs is 1. The highest BCUT2D eigenvalue weighted by Crippen LogP contribution is 2.24. The number of carbonyl (C=O) groups excluding carboxylic acids is 1. The maximum absolute atomic E-state index is 12.3. The van der Waals surface area contributed by atoms with E-state index in [9.17, 15) is 4.79 Å². The fourth-order valence-corrected chi connectivity index (χ4v) is 1.68. The summed E-state index contributed by atoms with van der Waals surface area (Å²) in [6.07, 6.45) is 4.26. The van der Waals surface area contributed by atoms with Crippen LogP contribution in [0.15, 0.2) is 12.4 Å². The van der Waals surface area contributed by atoms with Crippen LogP contribution >= 0.6 is 0 Å². The standard InChI is InChI=1S/C13H17N3O/c1-5-8-6-14-12-10(16-8)9(7-15-12)11(17)13(2,3)4/h6-7H,5H2,1-4H3,(H,14,15). The first-order valence-corrected chi connectivity index (χ1v) is 5.81. The van der Waals surface area contributed by atoms with Crippen LogP contribution < -0.4 is 0 Å². The minimum absolute atomic E-state index is 0.0892. The van der Waals surface area contributed by atoms with Gasteiger partial charge in [0.2, 0.25) is 0 Å². The summed E-state index contributed by atoms with van der Waals surface area (Å²) in [6.45, 7) is 7.75. The van der Waals surface area contributed by atoms with Crippen molar-refractivity contribution in [3.05, 3.63) is 23.7 Å². The molecule has 0 aliphatic rings. The van der Waals surface area contributed by atoms with Gasteiger partial charge in [-0.25, -0.2) is 9.97 Å². The van der Waals surface area contributed by atoms with Gasteiger partial charge in [0.25, 0.3) is 0 Å². The molecule has 0 radical (unpaired) electrons. The van der Waals surface area contributed by atoms with E-state index in [1.807, 2.05) is 27.7 Å². The molecule has 0 unspecified atom stereocenters. The quantitative estimate of drug-likeness (QED) is 0.808. The van der Waals surface area contributed by atoms with Crippen LogP contribution in [0.25, 0.3) is 11.2 Å². The summed E-state index contributed by atoms with van der Waals surface area (Å²) in [5.41, 5.74) is 2.49. The van der Waals surface area contributed by atoms with E-state index in [1.165, 1.54) is 0 Å². The second-order valence-corrected chi connectivity index (χ2v) is 5.19. The van der Waals surface area contributed by atoms with Crippen molar-refractivity contribution < 1.29 is 4.79 Å². The van der Waals surface area contributed by atoms with Crippen LogP contribution in [-0.2, 0) is 6.42 Å².